The van der Waals surface area contributed by atoms with Crippen LogP contribution in [0.4, 0.5) is 17.6 Å². The number of benzene rings is 2. The van der Waals surface area contributed by atoms with E-state index in [9.17, 15) is 17.6 Å². The first-order chi connectivity index (χ1) is 9.82. The molecule has 21 heavy (non-hydrogen) atoms. The zero-order valence-corrected chi connectivity index (χ0v) is 11.0. The summed E-state index contributed by atoms with van der Waals surface area (Å²) in [6.07, 6.45) is -4.71. The van der Waals surface area contributed by atoms with Gasteiger partial charge in [-0.05, 0) is 30.3 Å². The van der Waals surface area contributed by atoms with Gasteiger partial charge in [-0.25, -0.2) is 4.39 Å². The molecule has 2 aromatic carbocycles. The van der Waals surface area contributed by atoms with Gasteiger partial charge in [0.05, 0.1) is 22.2 Å². The standard InChI is InChI=1S/C14H6ClF4NO/c15-11-2-1-3-12(13(11)16)21-9-5-4-8(7-20)10(6-9)14(17,18)19/h1-6H. The quantitative estimate of drug-likeness (QED) is 0.717. The summed E-state index contributed by atoms with van der Waals surface area (Å²) in [5.74, 6) is -1.43. The van der Waals surface area contributed by atoms with Gasteiger partial charge in [0, 0.05) is 0 Å². The molecule has 0 spiro atoms. The van der Waals surface area contributed by atoms with Crippen molar-refractivity contribution in [2.24, 2.45) is 0 Å². The van der Waals surface area contributed by atoms with Crippen molar-refractivity contribution < 1.29 is 22.3 Å². The van der Waals surface area contributed by atoms with Gasteiger partial charge in [-0.3, -0.25) is 0 Å². The zero-order chi connectivity index (χ0) is 15.6. The number of hydrogen-bond donors (Lipinski definition) is 0. The Bertz CT molecular complexity index is 722. The Labute approximate surface area is 122 Å². The largest absolute Gasteiger partial charge is 0.454 e. The van der Waals surface area contributed by atoms with Crippen LogP contribution in [-0.2, 0) is 6.18 Å². The second-order valence-corrected chi connectivity index (χ2v) is 4.38. The van der Waals surface area contributed by atoms with E-state index >= 15 is 0 Å². The maximum Gasteiger partial charge on any atom is 0.417 e. The Kier molecular flexibility index (Phi) is 4.05. The number of rotatable bonds is 2. The van der Waals surface area contributed by atoms with Gasteiger partial charge in [0.15, 0.2) is 11.6 Å². The van der Waals surface area contributed by atoms with Gasteiger partial charge in [-0.1, -0.05) is 17.7 Å². The summed E-state index contributed by atoms with van der Waals surface area (Å²) >= 11 is 5.55. The molecule has 0 radical (unpaired) electrons. The summed E-state index contributed by atoms with van der Waals surface area (Å²) in [6.45, 7) is 0. The van der Waals surface area contributed by atoms with Crippen molar-refractivity contribution in [2.75, 3.05) is 0 Å². The molecule has 2 rings (SSSR count). The van der Waals surface area contributed by atoms with Crippen LogP contribution in [-0.4, -0.2) is 0 Å². The molecule has 0 heterocycles. The fourth-order valence-corrected chi connectivity index (χ4v) is 1.77. The van der Waals surface area contributed by atoms with Crippen molar-refractivity contribution in [1.29, 1.82) is 5.26 Å². The topological polar surface area (TPSA) is 33.0 Å². The van der Waals surface area contributed by atoms with Crippen LogP contribution in [0.5, 0.6) is 11.5 Å². The Hall–Kier alpha value is -2.26. The van der Waals surface area contributed by atoms with Gasteiger partial charge >= 0.3 is 6.18 Å². The normalized spacial score (nSPS) is 11.0. The molecule has 2 nitrogen and oxygen atoms in total. The summed E-state index contributed by atoms with van der Waals surface area (Å²) in [5, 5.41) is 8.46. The number of ether oxygens (including phenoxy) is 1. The van der Waals surface area contributed by atoms with E-state index in [0.717, 1.165) is 12.1 Å². The van der Waals surface area contributed by atoms with E-state index in [0.29, 0.717) is 6.07 Å². The van der Waals surface area contributed by atoms with Gasteiger partial charge < -0.3 is 4.74 Å². The number of alkyl halides is 3. The molecule has 0 bridgehead atoms. The monoisotopic (exact) mass is 315 g/mol. The van der Waals surface area contributed by atoms with Gasteiger partial charge in [0.25, 0.3) is 0 Å². The Balaban J connectivity index is 2.43. The van der Waals surface area contributed by atoms with Crippen LogP contribution in [0.2, 0.25) is 5.02 Å². The summed E-state index contributed by atoms with van der Waals surface area (Å²) in [6, 6.07) is 8.09. The first-order valence-corrected chi connectivity index (χ1v) is 5.94. The molecule has 0 fully saturated rings. The highest BCUT2D eigenvalue weighted by Gasteiger charge is 2.34. The average Bonchev–Trinajstić information content (AvgIpc) is 2.43. The first-order valence-electron chi connectivity index (χ1n) is 5.56. The number of halogens is 5. The van der Waals surface area contributed by atoms with Crippen LogP contribution >= 0.6 is 11.6 Å². The molecule has 0 saturated heterocycles. The molecule has 2 aromatic rings. The second kappa shape index (κ2) is 5.62. The SMILES string of the molecule is N#Cc1ccc(Oc2cccc(Cl)c2F)cc1C(F)(F)F. The molecule has 0 N–H and O–H groups in total. The van der Waals surface area contributed by atoms with Crippen LogP contribution in [0.1, 0.15) is 11.1 Å². The van der Waals surface area contributed by atoms with Gasteiger partial charge in [-0.2, -0.15) is 18.4 Å². The molecule has 0 amide bonds. The summed E-state index contributed by atoms with van der Waals surface area (Å²) in [4.78, 5) is 0. The van der Waals surface area contributed by atoms with Gasteiger partial charge in [0.2, 0.25) is 0 Å². The highest BCUT2D eigenvalue weighted by Crippen LogP contribution is 2.36. The molecule has 0 atom stereocenters. The van der Waals surface area contributed by atoms with E-state index in [2.05, 4.69) is 0 Å². The predicted octanol–water partition coefficient (Wildman–Crippen LogP) is 5.16. The lowest BCUT2D eigenvalue weighted by Crippen LogP contribution is -2.08. The predicted molar refractivity (Wildman–Crippen MR) is 67.6 cm³/mol. The van der Waals surface area contributed by atoms with Crippen molar-refractivity contribution in [3.63, 3.8) is 0 Å². The number of nitrogens with zero attached hydrogens (tertiary/aromatic N) is 1. The summed E-state index contributed by atoms with van der Waals surface area (Å²) in [7, 11) is 0. The smallest absolute Gasteiger partial charge is 0.417 e. The molecular formula is C14H6ClF4NO. The average molecular weight is 316 g/mol. The van der Waals surface area contributed by atoms with E-state index < -0.39 is 23.1 Å². The van der Waals surface area contributed by atoms with Crippen molar-refractivity contribution in [1.82, 2.24) is 0 Å². The zero-order valence-electron chi connectivity index (χ0n) is 10.2. The third-order valence-electron chi connectivity index (χ3n) is 2.56. The van der Waals surface area contributed by atoms with Crippen LogP contribution < -0.4 is 4.74 Å². The lowest BCUT2D eigenvalue weighted by molar-refractivity contribution is -0.137. The molecule has 0 unspecified atom stereocenters. The summed E-state index contributed by atoms with van der Waals surface area (Å²) < 4.78 is 57.1. The molecule has 0 aromatic heterocycles. The highest BCUT2D eigenvalue weighted by molar-refractivity contribution is 6.30. The van der Waals surface area contributed by atoms with Gasteiger partial charge in [0.1, 0.15) is 5.75 Å². The van der Waals surface area contributed by atoms with Crippen molar-refractivity contribution >= 4 is 11.6 Å². The molecule has 0 aliphatic rings. The van der Waals surface area contributed by atoms with E-state index in [4.69, 9.17) is 21.6 Å². The first kappa shape index (κ1) is 15.1. The molecule has 0 aliphatic carbocycles. The van der Waals surface area contributed by atoms with Crippen molar-refractivity contribution in [3.8, 4) is 17.6 Å². The third-order valence-corrected chi connectivity index (χ3v) is 2.85. The Morgan fingerprint density at radius 3 is 2.48 bits per heavy atom. The van der Waals surface area contributed by atoms with Crippen LogP contribution in [0, 0.1) is 17.1 Å². The Morgan fingerprint density at radius 1 is 1.14 bits per heavy atom. The fourth-order valence-electron chi connectivity index (χ4n) is 1.61. The number of hydrogen-bond acceptors (Lipinski definition) is 2. The van der Waals surface area contributed by atoms with E-state index in [-0.39, 0.29) is 16.5 Å². The number of nitriles is 1. The van der Waals surface area contributed by atoms with Crippen LogP contribution in [0.25, 0.3) is 0 Å². The minimum absolute atomic E-state index is 0.211. The summed E-state index contributed by atoms with van der Waals surface area (Å²) in [5.41, 5.74) is -1.69. The minimum atomic E-state index is -4.71. The minimum Gasteiger partial charge on any atom is -0.454 e. The van der Waals surface area contributed by atoms with E-state index in [1.54, 1.807) is 0 Å². The van der Waals surface area contributed by atoms with E-state index in [1.165, 1.54) is 24.3 Å². The maximum atomic E-state index is 13.6. The van der Waals surface area contributed by atoms with E-state index in [1.807, 2.05) is 0 Å². The Morgan fingerprint density at radius 2 is 1.86 bits per heavy atom. The lowest BCUT2D eigenvalue weighted by atomic mass is 10.1. The lowest BCUT2D eigenvalue weighted by Gasteiger charge is -2.12. The second-order valence-electron chi connectivity index (χ2n) is 3.97. The van der Waals surface area contributed by atoms with Crippen LogP contribution in [0.15, 0.2) is 36.4 Å². The van der Waals surface area contributed by atoms with Crippen LogP contribution in [0.3, 0.4) is 0 Å². The maximum absolute atomic E-state index is 13.6. The highest BCUT2D eigenvalue weighted by atomic mass is 35.5. The molecule has 108 valence electrons. The molecule has 0 saturated carbocycles. The fraction of sp³-hybridized carbons (Fsp3) is 0.0714. The third kappa shape index (κ3) is 3.26. The molecular weight excluding hydrogens is 310 g/mol. The van der Waals surface area contributed by atoms with Crippen molar-refractivity contribution in [3.05, 3.63) is 58.4 Å². The molecule has 0 aliphatic heterocycles. The van der Waals surface area contributed by atoms with Crippen molar-refractivity contribution in [2.45, 2.75) is 6.18 Å². The van der Waals surface area contributed by atoms with Gasteiger partial charge in [-0.15, -0.1) is 0 Å². The molecule has 7 heteroatoms.